The molecule has 0 aliphatic carbocycles. The van der Waals surface area contributed by atoms with Crippen LogP contribution in [0.4, 0.5) is 0 Å². The van der Waals surface area contributed by atoms with Gasteiger partial charge < -0.3 is 9.47 Å². The van der Waals surface area contributed by atoms with Gasteiger partial charge in [-0.25, -0.2) is 9.78 Å². The Morgan fingerprint density at radius 2 is 2.08 bits per heavy atom. The van der Waals surface area contributed by atoms with Gasteiger partial charge in [-0.05, 0) is 18.6 Å². The van der Waals surface area contributed by atoms with Crippen molar-refractivity contribution in [1.29, 1.82) is 0 Å². The molecular weight excluding hydrogens is 330 g/mol. The van der Waals surface area contributed by atoms with Gasteiger partial charge in [0, 0.05) is 6.07 Å². The molecule has 0 aliphatic heterocycles. The minimum absolute atomic E-state index is 0.0813. The number of rotatable bonds is 6. The number of hydrogen-bond acceptors (Lipinski definition) is 7. The van der Waals surface area contributed by atoms with Gasteiger partial charge in [0.05, 0.1) is 5.69 Å². The van der Waals surface area contributed by atoms with E-state index in [0.717, 1.165) is 11.4 Å². The molecule has 0 fully saturated rings. The number of carbonyl (C=O) groups excluding carboxylic acids is 1. The van der Waals surface area contributed by atoms with E-state index >= 15 is 0 Å². The quantitative estimate of drug-likeness (QED) is 0.634. The van der Waals surface area contributed by atoms with Crippen LogP contribution in [0.2, 0.25) is 0 Å². The molecule has 7 nitrogen and oxygen atoms in total. The number of fused-ring (bicyclic) bond motifs is 1. The second-order valence-corrected chi connectivity index (χ2v) is 5.93. The first-order valence-electron chi connectivity index (χ1n) is 7.38. The molecule has 2 aromatic heterocycles. The number of esters is 1. The first-order chi connectivity index (χ1) is 11.7. The molecule has 0 unspecified atom stereocenters. The minimum Gasteiger partial charge on any atom is -0.482 e. The second-order valence-electron chi connectivity index (χ2n) is 4.89. The molecular formula is C16H15N3O4S. The Morgan fingerprint density at radius 3 is 2.83 bits per heavy atom. The zero-order valence-electron chi connectivity index (χ0n) is 13.0. The van der Waals surface area contributed by atoms with E-state index in [1.54, 1.807) is 12.1 Å². The molecule has 3 aromatic rings. The highest BCUT2D eigenvalue weighted by Crippen LogP contribution is 2.12. The maximum atomic E-state index is 12.0. The molecule has 1 aromatic carbocycles. The summed E-state index contributed by atoms with van der Waals surface area (Å²) >= 11 is 1.34. The topological polar surface area (TPSA) is 82.8 Å². The lowest BCUT2D eigenvalue weighted by atomic mass is 10.3. The molecule has 8 heteroatoms. The van der Waals surface area contributed by atoms with Gasteiger partial charge in [0.15, 0.2) is 6.61 Å². The third-order valence-corrected chi connectivity index (χ3v) is 4.18. The van der Waals surface area contributed by atoms with Crippen LogP contribution in [0, 0.1) is 0 Å². The Kier molecular flexibility index (Phi) is 4.85. The third-order valence-electron chi connectivity index (χ3n) is 3.12. The van der Waals surface area contributed by atoms with Gasteiger partial charge in [-0.1, -0.05) is 36.5 Å². The summed E-state index contributed by atoms with van der Waals surface area (Å²) in [5.41, 5.74) is 0.0990. The number of ether oxygens (including phenoxy) is 2. The summed E-state index contributed by atoms with van der Waals surface area (Å²) in [6.45, 7) is 1.67. The van der Waals surface area contributed by atoms with Crippen molar-refractivity contribution in [1.82, 2.24) is 14.6 Å². The van der Waals surface area contributed by atoms with Crippen molar-refractivity contribution in [3.63, 3.8) is 0 Å². The fourth-order valence-electron chi connectivity index (χ4n) is 1.97. The molecule has 0 saturated carbocycles. The van der Waals surface area contributed by atoms with Crippen molar-refractivity contribution in [2.24, 2.45) is 0 Å². The van der Waals surface area contributed by atoms with Crippen LogP contribution in [-0.2, 0) is 22.6 Å². The van der Waals surface area contributed by atoms with E-state index < -0.39 is 5.97 Å². The number of aromatic nitrogens is 3. The van der Waals surface area contributed by atoms with Crippen LogP contribution in [0.3, 0.4) is 0 Å². The Hall–Kier alpha value is -2.74. The van der Waals surface area contributed by atoms with Crippen LogP contribution in [0.15, 0.2) is 41.2 Å². The van der Waals surface area contributed by atoms with Gasteiger partial charge in [0.2, 0.25) is 4.96 Å². The Morgan fingerprint density at radius 1 is 1.29 bits per heavy atom. The van der Waals surface area contributed by atoms with Gasteiger partial charge in [-0.15, -0.1) is 0 Å². The Balaban J connectivity index is 1.60. The average molecular weight is 345 g/mol. The van der Waals surface area contributed by atoms with E-state index in [1.807, 2.05) is 25.1 Å². The van der Waals surface area contributed by atoms with Gasteiger partial charge in [0.25, 0.3) is 5.56 Å². The Labute approximate surface area is 141 Å². The molecule has 24 heavy (non-hydrogen) atoms. The summed E-state index contributed by atoms with van der Waals surface area (Å²) in [5.74, 6) is 0.0587. The maximum absolute atomic E-state index is 12.0. The third kappa shape index (κ3) is 3.77. The molecule has 0 atom stereocenters. The van der Waals surface area contributed by atoms with Gasteiger partial charge in [-0.3, -0.25) is 4.79 Å². The summed E-state index contributed by atoms with van der Waals surface area (Å²) in [4.78, 5) is 28.5. The van der Waals surface area contributed by atoms with E-state index in [-0.39, 0.29) is 18.8 Å². The van der Waals surface area contributed by atoms with Crippen LogP contribution in [0.25, 0.3) is 4.96 Å². The van der Waals surface area contributed by atoms with E-state index in [4.69, 9.17) is 9.47 Å². The van der Waals surface area contributed by atoms with Crippen LogP contribution in [-0.4, -0.2) is 27.2 Å². The Bertz CT molecular complexity index is 905. The highest BCUT2D eigenvalue weighted by atomic mass is 32.1. The van der Waals surface area contributed by atoms with E-state index in [2.05, 4.69) is 10.1 Å². The summed E-state index contributed by atoms with van der Waals surface area (Å²) in [6, 6.07) is 10.3. The standard InChI is InChI=1S/C16H15N3O4S/c1-2-13-18-19-14(20)8-11(17-16(19)24-13)9-23-15(21)10-22-12-6-4-3-5-7-12/h3-8H,2,9-10H2,1H3. The summed E-state index contributed by atoms with van der Waals surface area (Å²) in [5, 5.41) is 4.99. The van der Waals surface area contributed by atoms with Crippen molar-refractivity contribution in [3.8, 4) is 5.75 Å². The molecule has 124 valence electrons. The number of aryl methyl sites for hydroxylation is 1. The minimum atomic E-state index is -0.528. The molecule has 0 bridgehead atoms. The first-order valence-corrected chi connectivity index (χ1v) is 8.19. The van der Waals surface area contributed by atoms with Gasteiger partial charge in [0.1, 0.15) is 17.4 Å². The molecule has 0 saturated heterocycles. The average Bonchev–Trinajstić information content (AvgIpc) is 3.03. The maximum Gasteiger partial charge on any atom is 0.344 e. The second kappa shape index (κ2) is 7.22. The highest BCUT2D eigenvalue weighted by Gasteiger charge is 2.10. The summed E-state index contributed by atoms with van der Waals surface area (Å²) in [7, 11) is 0. The number of benzene rings is 1. The summed E-state index contributed by atoms with van der Waals surface area (Å²) < 4.78 is 11.7. The molecule has 0 aliphatic rings. The van der Waals surface area contributed by atoms with Crippen molar-refractivity contribution in [2.75, 3.05) is 6.61 Å². The van der Waals surface area contributed by atoms with Gasteiger partial charge >= 0.3 is 5.97 Å². The number of para-hydroxylation sites is 1. The molecule has 0 radical (unpaired) electrons. The molecule has 0 N–H and O–H groups in total. The fourth-order valence-corrected chi connectivity index (χ4v) is 2.83. The number of hydrogen-bond donors (Lipinski definition) is 0. The van der Waals surface area contributed by atoms with Crippen molar-refractivity contribution in [2.45, 2.75) is 20.0 Å². The number of carbonyl (C=O) groups is 1. The zero-order chi connectivity index (χ0) is 16.9. The lowest BCUT2D eigenvalue weighted by molar-refractivity contribution is -0.147. The SMILES string of the molecule is CCc1nn2c(=O)cc(COC(=O)COc3ccccc3)nc2s1. The lowest BCUT2D eigenvalue weighted by Gasteiger charge is -2.06. The van der Waals surface area contributed by atoms with E-state index in [0.29, 0.717) is 16.4 Å². The van der Waals surface area contributed by atoms with Crippen molar-refractivity contribution < 1.29 is 14.3 Å². The van der Waals surface area contributed by atoms with E-state index in [1.165, 1.54) is 21.9 Å². The van der Waals surface area contributed by atoms with Crippen LogP contribution < -0.4 is 10.3 Å². The van der Waals surface area contributed by atoms with Crippen LogP contribution in [0.1, 0.15) is 17.6 Å². The predicted octanol–water partition coefficient (Wildman–Crippen LogP) is 1.84. The molecule has 3 rings (SSSR count). The highest BCUT2D eigenvalue weighted by molar-refractivity contribution is 7.16. The molecule has 0 spiro atoms. The summed E-state index contributed by atoms with van der Waals surface area (Å²) in [6.07, 6.45) is 0.731. The van der Waals surface area contributed by atoms with Crippen LogP contribution in [0.5, 0.6) is 5.75 Å². The smallest absolute Gasteiger partial charge is 0.344 e. The van der Waals surface area contributed by atoms with Gasteiger partial charge in [-0.2, -0.15) is 9.61 Å². The normalized spacial score (nSPS) is 10.7. The van der Waals surface area contributed by atoms with Crippen molar-refractivity contribution >= 4 is 22.3 Å². The zero-order valence-corrected chi connectivity index (χ0v) is 13.8. The fraction of sp³-hybridized carbons (Fsp3) is 0.250. The molecule has 0 amide bonds. The first kappa shape index (κ1) is 16.1. The van der Waals surface area contributed by atoms with Crippen LogP contribution >= 0.6 is 11.3 Å². The predicted molar refractivity (Wildman–Crippen MR) is 88.2 cm³/mol. The van der Waals surface area contributed by atoms with E-state index in [9.17, 15) is 9.59 Å². The molecule has 2 heterocycles. The van der Waals surface area contributed by atoms with Crippen molar-refractivity contribution in [3.05, 3.63) is 57.5 Å². The number of nitrogens with zero attached hydrogens (tertiary/aromatic N) is 3. The monoisotopic (exact) mass is 345 g/mol. The lowest BCUT2D eigenvalue weighted by Crippen LogP contribution is -2.18. The largest absolute Gasteiger partial charge is 0.482 e.